The topological polar surface area (TPSA) is 64.2 Å². The maximum atomic E-state index is 12.1. The van der Waals surface area contributed by atoms with E-state index in [1.807, 2.05) is 6.92 Å². The van der Waals surface area contributed by atoms with Gasteiger partial charge in [-0.15, -0.1) is 0 Å². The predicted molar refractivity (Wildman–Crippen MR) is 64.0 cm³/mol. The van der Waals surface area contributed by atoms with Crippen molar-refractivity contribution in [3.8, 4) is 0 Å². The van der Waals surface area contributed by atoms with Gasteiger partial charge in [0.1, 0.15) is 0 Å². The van der Waals surface area contributed by atoms with Crippen LogP contribution in [0.3, 0.4) is 0 Å². The van der Waals surface area contributed by atoms with E-state index in [0.717, 1.165) is 0 Å². The summed E-state index contributed by atoms with van der Waals surface area (Å²) in [6, 6.07) is 0.161. The Morgan fingerprint density at radius 1 is 1.50 bits per heavy atom. The summed E-state index contributed by atoms with van der Waals surface area (Å²) in [6.07, 6.45) is 1.64. The van der Waals surface area contributed by atoms with Gasteiger partial charge in [-0.1, -0.05) is 13.8 Å². The van der Waals surface area contributed by atoms with Crippen molar-refractivity contribution >= 4 is 11.6 Å². The normalized spacial score (nSPS) is 12.9. The van der Waals surface area contributed by atoms with Crippen LogP contribution in [0, 0.1) is 5.92 Å². The molecule has 16 heavy (non-hydrogen) atoms. The molecule has 1 amide bonds. The Morgan fingerprint density at radius 2 is 2.06 bits per heavy atom. The van der Waals surface area contributed by atoms with Crippen molar-refractivity contribution in [3.63, 3.8) is 0 Å². The Bertz CT molecular complexity index is 383. The van der Waals surface area contributed by atoms with Crippen LogP contribution in [0.5, 0.6) is 0 Å². The Kier molecular flexibility index (Phi) is 3.57. The number of nitrogen functional groups attached to an aromatic ring is 1. The summed E-state index contributed by atoms with van der Waals surface area (Å²) in [7, 11) is 3.53. The fourth-order valence-corrected chi connectivity index (χ4v) is 1.47. The van der Waals surface area contributed by atoms with Crippen LogP contribution in [0.15, 0.2) is 6.20 Å². The second kappa shape index (κ2) is 4.55. The number of hydrogen-bond donors (Lipinski definition) is 1. The lowest BCUT2D eigenvalue weighted by Gasteiger charge is -2.27. The molecule has 0 bridgehead atoms. The second-order valence-electron chi connectivity index (χ2n) is 4.51. The first-order valence-corrected chi connectivity index (χ1v) is 5.40. The van der Waals surface area contributed by atoms with Crippen molar-refractivity contribution in [2.24, 2.45) is 13.0 Å². The zero-order valence-corrected chi connectivity index (χ0v) is 10.6. The number of carbonyl (C=O) groups excluding carboxylic acids is 1. The highest BCUT2D eigenvalue weighted by Gasteiger charge is 2.23. The summed E-state index contributed by atoms with van der Waals surface area (Å²) in [5.74, 6) is 0.276. The van der Waals surface area contributed by atoms with Gasteiger partial charge in [0.05, 0.1) is 5.69 Å². The van der Waals surface area contributed by atoms with E-state index in [1.54, 1.807) is 29.9 Å². The van der Waals surface area contributed by atoms with Crippen LogP contribution in [0.1, 0.15) is 31.3 Å². The first-order chi connectivity index (χ1) is 7.34. The van der Waals surface area contributed by atoms with Gasteiger partial charge < -0.3 is 10.6 Å². The van der Waals surface area contributed by atoms with Crippen molar-refractivity contribution < 1.29 is 4.79 Å². The van der Waals surface area contributed by atoms with Gasteiger partial charge in [0, 0.05) is 26.3 Å². The van der Waals surface area contributed by atoms with Gasteiger partial charge >= 0.3 is 0 Å². The van der Waals surface area contributed by atoms with E-state index in [2.05, 4.69) is 18.9 Å². The van der Waals surface area contributed by atoms with E-state index in [4.69, 9.17) is 5.73 Å². The van der Waals surface area contributed by atoms with Crippen molar-refractivity contribution in [2.45, 2.75) is 26.8 Å². The molecule has 5 heteroatoms. The number of nitrogens with two attached hydrogens (primary N) is 1. The van der Waals surface area contributed by atoms with Crippen LogP contribution >= 0.6 is 0 Å². The quantitative estimate of drug-likeness (QED) is 0.836. The molecule has 1 aromatic rings. The van der Waals surface area contributed by atoms with Gasteiger partial charge in [0.15, 0.2) is 5.69 Å². The number of hydrogen-bond acceptors (Lipinski definition) is 3. The second-order valence-corrected chi connectivity index (χ2v) is 4.51. The molecule has 0 saturated carbocycles. The Balaban J connectivity index is 2.90. The molecule has 1 unspecified atom stereocenters. The summed E-state index contributed by atoms with van der Waals surface area (Å²) >= 11 is 0. The fourth-order valence-electron chi connectivity index (χ4n) is 1.47. The minimum atomic E-state index is -0.126. The van der Waals surface area contributed by atoms with Gasteiger partial charge in [-0.25, -0.2) is 0 Å². The Labute approximate surface area is 96.2 Å². The molecule has 2 N–H and O–H groups in total. The number of amides is 1. The molecule has 0 aromatic carbocycles. The van der Waals surface area contributed by atoms with E-state index in [9.17, 15) is 4.79 Å². The molecular weight excluding hydrogens is 204 g/mol. The first kappa shape index (κ1) is 12.5. The van der Waals surface area contributed by atoms with Gasteiger partial charge in [0.2, 0.25) is 0 Å². The highest BCUT2D eigenvalue weighted by atomic mass is 16.2. The molecule has 0 saturated heterocycles. The molecule has 0 aliphatic carbocycles. The molecule has 0 fully saturated rings. The third-order valence-electron chi connectivity index (χ3n) is 2.96. The number of aromatic nitrogens is 2. The minimum Gasteiger partial charge on any atom is -0.396 e. The predicted octanol–water partition coefficient (Wildman–Crippen LogP) is 1.12. The average Bonchev–Trinajstić information content (AvgIpc) is 2.54. The molecule has 5 nitrogen and oxygen atoms in total. The van der Waals surface area contributed by atoms with Gasteiger partial charge in [-0.3, -0.25) is 9.48 Å². The van der Waals surface area contributed by atoms with Crippen molar-refractivity contribution in [2.75, 3.05) is 12.8 Å². The third kappa shape index (κ3) is 2.35. The lowest BCUT2D eigenvalue weighted by molar-refractivity contribution is 0.0701. The number of aryl methyl sites for hydroxylation is 1. The van der Waals surface area contributed by atoms with Crippen LogP contribution in [-0.4, -0.2) is 33.7 Å². The maximum absolute atomic E-state index is 12.1. The van der Waals surface area contributed by atoms with Crippen LogP contribution in [0.2, 0.25) is 0 Å². The van der Waals surface area contributed by atoms with E-state index >= 15 is 0 Å². The number of nitrogens with zero attached hydrogens (tertiary/aromatic N) is 3. The third-order valence-corrected chi connectivity index (χ3v) is 2.96. The van der Waals surface area contributed by atoms with Gasteiger partial charge in [-0.2, -0.15) is 5.10 Å². The van der Waals surface area contributed by atoms with Crippen LogP contribution in [-0.2, 0) is 7.05 Å². The molecular formula is C11H20N4O. The summed E-state index contributed by atoms with van der Waals surface area (Å²) < 4.78 is 1.55. The SMILES string of the molecule is CC(C)C(C)N(C)C(=O)c1nn(C)cc1N. The first-order valence-electron chi connectivity index (χ1n) is 5.40. The standard InChI is InChI=1S/C11H20N4O/c1-7(2)8(3)15(5)11(16)10-9(12)6-14(4)13-10/h6-8H,12H2,1-5H3. The van der Waals surface area contributed by atoms with E-state index < -0.39 is 0 Å². The highest BCUT2D eigenvalue weighted by molar-refractivity contribution is 5.97. The summed E-state index contributed by atoms with van der Waals surface area (Å²) in [5, 5.41) is 4.07. The Hall–Kier alpha value is -1.52. The molecule has 1 atom stereocenters. The highest BCUT2D eigenvalue weighted by Crippen LogP contribution is 2.15. The molecule has 90 valence electrons. The van der Waals surface area contributed by atoms with Crippen molar-refractivity contribution in [3.05, 3.63) is 11.9 Å². The lowest BCUT2D eigenvalue weighted by atomic mass is 10.0. The molecule has 0 radical (unpaired) electrons. The lowest BCUT2D eigenvalue weighted by Crippen LogP contribution is -2.38. The molecule has 1 aromatic heterocycles. The molecule has 0 aliphatic rings. The fraction of sp³-hybridized carbons (Fsp3) is 0.636. The smallest absolute Gasteiger partial charge is 0.276 e. The molecule has 1 heterocycles. The van der Waals surface area contributed by atoms with Crippen LogP contribution < -0.4 is 5.73 Å². The minimum absolute atomic E-state index is 0.126. The Morgan fingerprint density at radius 3 is 2.44 bits per heavy atom. The average molecular weight is 224 g/mol. The zero-order chi connectivity index (χ0) is 12.5. The monoisotopic (exact) mass is 224 g/mol. The van der Waals surface area contributed by atoms with Crippen LogP contribution in [0.4, 0.5) is 5.69 Å². The summed E-state index contributed by atoms with van der Waals surface area (Å²) in [4.78, 5) is 13.8. The number of rotatable bonds is 3. The molecule has 0 aliphatic heterocycles. The van der Waals surface area contributed by atoms with E-state index in [-0.39, 0.29) is 11.9 Å². The van der Waals surface area contributed by atoms with Crippen molar-refractivity contribution in [1.82, 2.24) is 14.7 Å². The zero-order valence-electron chi connectivity index (χ0n) is 10.6. The number of anilines is 1. The van der Waals surface area contributed by atoms with Gasteiger partial charge in [-0.05, 0) is 12.8 Å². The summed E-state index contributed by atoms with van der Waals surface area (Å²) in [5.41, 5.74) is 6.48. The summed E-state index contributed by atoms with van der Waals surface area (Å²) in [6.45, 7) is 6.17. The van der Waals surface area contributed by atoms with Gasteiger partial charge in [0.25, 0.3) is 5.91 Å². The van der Waals surface area contributed by atoms with Crippen LogP contribution in [0.25, 0.3) is 0 Å². The number of carbonyl (C=O) groups is 1. The molecule has 1 rings (SSSR count). The largest absolute Gasteiger partial charge is 0.396 e. The van der Waals surface area contributed by atoms with E-state index in [1.165, 1.54) is 0 Å². The molecule has 0 spiro atoms. The van der Waals surface area contributed by atoms with E-state index in [0.29, 0.717) is 17.3 Å². The van der Waals surface area contributed by atoms with Crippen molar-refractivity contribution in [1.29, 1.82) is 0 Å². The maximum Gasteiger partial charge on any atom is 0.276 e.